The predicted octanol–water partition coefficient (Wildman–Crippen LogP) is 2.99. The molecule has 4 rings (SSSR count). The van der Waals surface area contributed by atoms with Gasteiger partial charge in [-0.2, -0.15) is 0 Å². The second-order valence-corrected chi connectivity index (χ2v) is 6.97. The minimum absolute atomic E-state index is 0.841. The van der Waals surface area contributed by atoms with Crippen molar-refractivity contribution in [2.45, 2.75) is 6.42 Å². The van der Waals surface area contributed by atoms with Gasteiger partial charge in [-0.15, -0.1) is 0 Å². The second-order valence-electron chi connectivity index (χ2n) is 6.97. The summed E-state index contributed by atoms with van der Waals surface area (Å²) in [4.78, 5) is 7.10. The molecule has 2 heterocycles. The molecule has 4 heteroatoms. The summed E-state index contributed by atoms with van der Waals surface area (Å²) in [5.41, 5.74) is 5.17. The summed E-state index contributed by atoms with van der Waals surface area (Å²) >= 11 is 0. The van der Waals surface area contributed by atoms with Gasteiger partial charge in [0.1, 0.15) is 5.82 Å². The quantitative estimate of drug-likeness (QED) is 0.928. The lowest BCUT2D eigenvalue weighted by Crippen LogP contribution is -2.48. The van der Waals surface area contributed by atoms with Gasteiger partial charge >= 0.3 is 0 Å². The van der Waals surface area contributed by atoms with Crippen LogP contribution in [0.25, 0.3) is 0 Å². The number of anilines is 2. The molecular formula is C21H26N4. The van der Waals surface area contributed by atoms with Crippen LogP contribution in [0, 0.1) is 0 Å². The number of para-hydroxylation sites is 2. The SMILES string of the molecule is C=C(NCN1CCN(C)CC1)N1c2ccccc2Cc2ccccc21. The number of hydrogen-bond donors (Lipinski definition) is 1. The van der Waals surface area contributed by atoms with Crippen LogP contribution in [-0.2, 0) is 6.42 Å². The average Bonchev–Trinajstić information content (AvgIpc) is 2.65. The van der Waals surface area contributed by atoms with E-state index < -0.39 is 0 Å². The van der Waals surface area contributed by atoms with Crippen LogP contribution in [0.15, 0.2) is 60.9 Å². The standard InChI is InChI=1S/C21H26N4/c1-17(22-16-24-13-11-23(2)12-14-24)25-20-9-5-3-7-18(20)15-19-8-4-6-10-21(19)25/h3-10,22H,1,11-16H2,2H3. The van der Waals surface area contributed by atoms with E-state index in [4.69, 9.17) is 0 Å². The first kappa shape index (κ1) is 16.2. The lowest BCUT2D eigenvalue weighted by Gasteiger charge is -2.37. The first-order valence-corrected chi connectivity index (χ1v) is 9.02. The van der Waals surface area contributed by atoms with Gasteiger partial charge < -0.3 is 10.2 Å². The highest BCUT2D eigenvalue weighted by Crippen LogP contribution is 2.39. The first-order valence-electron chi connectivity index (χ1n) is 9.02. The zero-order chi connectivity index (χ0) is 17.2. The predicted molar refractivity (Wildman–Crippen MR) is 104 cm³/mol. The van der Waals surface area contributed by atoms with Crippen molar-refractivity contribution in [3.8, 4) is 0 Å². The lowest BCUT2D eigenvalue weighted by molar-refractivity contribution is 0.148. The molecule has 2 aromatic carbocycles. The molecule has 0 spiro atoms. The summed E-state index contributed by atoms with van der Waals surface area (Å²) in [6, 6.07) is 17.2. The fourth-order valence-corrected chi connectivity index (χ4v) is 3.67. The van der Waals surface area contributed by atoms with Crippen molar-refractivity contribution in [3.05, 3.63) is 72.1 Å². The molecule has 2 aromatic rings. The number of fused-ring (bicyclic) bond motifs is 2. The van der Waals surface area contributed by atoms with Gasteiger partial charge in [0.25, 0.3) is 0 Å². The molecule has 0 amide bonds. The third kappa shape index (κ3) is 3.28. The topological polar surface area (TPSA) is 21.8 Å². The molecule has 0 saturated carbocycles. The van der Waals surface area contributed by atoms with Crippen LogP contribution < -0.4 is 10.2 Å². The molecule has 0 atom stereocenters. The number of nitrogens with zero attached hydrogens (tertiary/aromatic N) is 3. The summed E-state index contributed by atoms with van der Waals surface area (Å²) in [6.45, 7) is 9.65. The fraction of sp³-hybridized carbons (Fsp3) is 0.333. The van der Waals surface area contributed by atoms with Crippen LogP contribution in [0.5, 0.6) is 0 Å². The average molecular weight is 334 g/mol. The number of rotatable bonds is 4. The normalized spacial score (nSPS) is 17.7. The first-order chi connectivity index (χ1) is 12.2. The zero-order valence-electron chi connectivity index (χ0n) is 14.9. The maximum absolute atomic E-state index is 4.35. The Bertz CT molecular complexity index is 716. The summed E-state index contributed by atoms with van der Waals surface area (Å²) in [5, 5.41) is 3.56. The largest absolute Gasteiger partial charge is 0.359 e. The second kappa shape index (κ2) is 6.90. The van der Waals surface area contributed by atoms with Crippen molar-refractivity contribution in [2.75, 3.05) is 44.8 Å². The van der Waals surface area contributed by atoms with Crippen molar-refractivity contribution >= 4 is 11.4 Å². The summed E-state index contributed by atoms with van der Waals surface area (Å²) < 4.78 is 0. The van der Waals surface area contributed by atoms with Gasteiger partial charge in [-0.1, -0.05) is 43.0 Å². The monoisotopic (exact) mass is 334 g/mol. The summed E-state index contributed by atoms with van der Waals surface area (Å²) in [5.74, 6) is 0.943. The molecule has 0 aromatic heterocycles. The molecule has 0 aliphatic carbocycles. The Hall–Kier alpha value is -2.30. The molecule has 1 N–H and O–H groups in total. The highest BCUT2D eigenvalue weighted by molar-refractivity contribution is 5.77. The number of nitrogens with one attached hydrogen (secondary N) is 1. The maximum Gasteiger partial charge on any atom is 0.104 e. The van der Waals surface area contributed by atoms with Crippen LogP contribution >= 0.6 is 0 Å². The molecule has 2 aliphatic rings. The number of likely N-dealkylation sites (N-methyl/N-ethyl adjacent to an activating group) is 1. The van der Waals surface area contributed by atoms with Crippen molar-refractivity contribution in [1.82, 2.24) is 15.1 Å². The molecule has 1 saturated heterocycles. The van der Waals surface area contributed by atoms with E-state index in [-0.39, 0.29) is 0 Å². The Labute approximate surface area is 150 Å². The highest BCUT2D eigenvalue weighted by Gasteiger charge is 2.24. The smallest absolute Gasteiger partial charge is 0.104 e. The van der Waals surface area contributed by atoms with Crippen molar-refractivity contribution < 1.29 is 0 Å². The molecule has 25 heavy (non-hydrogen) atoms. The van der Waals surface area contributed by atoms with E-state index in [1.807, 2.05) is 0 Å². The molecular weight excluding hydrogens is 308 g/mol. The van der Waals surface area contributed by atoms with Gasteiger partial charge in [-0.05, 0) is 30.3 Å². The number of benzene rings is 2. The molecule has 2 aliphatic heterocycles. The molecule has 0 radical (unpaired) electrons. The van der Waals surface area contributed by atoms with Crippen molar-refractivity contribution in [1.29, 1.82) is 0 Å². The third-order valence-corrected chi connectivity index (χ3v) is 5.22. The fourth-order valence-electron chi connectivity index (χ4n) is 3.67. The van der Waals surface area contributed by atoms with Crippen LogP contribution in [0.3, 0.4) is 0 Å². The number of piperazine rings is 1. The highest BCUT2D eigenvalue weighted by atomic mass is 15.3. The Kier molecular flexibility index (Phi) is 4.47. The van der Waals surface area contributed by atoms with Gasteiger partial charge in [0.05, 0.1) is 18.0 Å². The van der Waals surface area contributed by atoms with Crippen molar-refractivity contribution in [3.63, 3.8) is 0 Å². The molecule has 1 fully saturated rings. The van der Waals surface area contributed by atoms with Crippen LogP contribution in [0.1, 0.15) is 11.1 Å². The van der Waals surface area contributed by atoms with E-state index in [1.54, 1.807) is 0 Å². The number of hydrogen-bond acceptors (Lipinski definition) is 4. The Balaban J connectivity index is 1.54. The Morgan fingerprint density at radius 3 is 2.08 bits per heavy atom. The van der Waals surface area contributed by atoms with Gasteiger partial charge in [0.2, 0.25) is 0 Å². The summed E-state index contributed by atoms with van der Waals surface area (Å²) in [6.07, 6.45) is 0.981. The Morgan fingerprint density at radius 2 is 1.48 bits per heavy atom. The minimum Gasteiger partial charge on any atom is -0.359 e. The van der Waals surface area contributed by atoms with E-state index >= 15 is 0 Å². The van der Waals surface area contributed by atoms with Crippen molar-refractivity contribution in [2.24, 2.45) is 0 Å². The van der Waals surface area contributed by atoms with E-state index in [2.05, 4.69) is 82.2 Å². The van der Waals surface area contributed by atoms with Gasteiger partial charge in [-0.3, -0.25) is 9.80 Å². The molecule has 0 bridgehead atoms. The summed E-state index contributed by atoms with van der Waals surface area (Å²) in [7, 11) is 2.19. The van der Waals surface area contributed by atoms with Crippen LogP contribution in [-0.4, -0.2) is 49.7 Å². The maximum atomic E-state index is 4.35. The van der Waals surface area contributed by atoms with Gasteiger partial charge in [0, 0.05) is 32.6 Å². The molecule has 4 nitrogen and oxygen atoms in total. The van der Waals surface area contributed by atoms with E-state index in [0.717, 1.165) is 45.1 Å². The third-order valence-electron chi connectivity index (χ3n) is 5.22. The van der Waals surface area contributed by atoms with Crippen LogP contribution in [0.2, 0.25) is 0 Å². The van der Waals surface area contributed by atoms with E-state index in [0.29, 0.717) is 0 Å². The van der Waals surface area contributed by atoms with Crippen LogP contribution in [0.4, 0.5) is 11.4 Å². The van der Waals surface area contributed by atoms with E-state index in [1.165, 1.54) is 22.5 Å². The Morgan fingerprint density at radius 1 is 0.920 bits per heavy atom. The van der Waals surface area contributed by atoms with Gasteiger partial charge in [-0.25, -0.2) is 0 Å². The molecule has 130 valence electrons. The van der Waals surface area contributed by atoms with Gasteiger partial charge in [0.15, 0.2) is 0 Å². The molecule has 0 unspecified atom stereocenters. The van der Waals surface area contributed by atoms with E-state index in [9.17, 15) is 0 Å². The minimum atomic E-state index is 0.841. The lowest BCUT2D eigenvalue weighted by atomic mass is 9.96. The zero-order valence-corrected chi connectivity index (χ0v) is 14.9.